The topological polar surface area (TPSA) is 73.3 Å². The Bertz CT molecular complexity index is 896. The van der Waals surface area contributed by atoms with E-state index in [1.165, 1.54) is 11.5 Å². The van der Waals surface area contributed by atoms with Crippen molar-refractivity contribution < 1.29 is 14.3 Å². The zero-order valence-electron chi connectivity index (χ0n) is 13.3. The van der Waals surface area contributed by atoms with Crippen molar-refractivity contribution in [1.29, 1.82) is 0 Å². The van der Waals surface area contributed by atoms with Gasteiger partial charge in [-0.1, -0.05) is 36.4 Å². The molecule has 1 aliphatic heterocycles. The van der Waals surface area contributed by atoms with Gasteiger partial charge >= 0.3 is 0 Å². The van der Waals surface area contributed by atoms with Gasteiger partial charge in [-0.25, -0.2) is 0 Å². The van der Waals surface area contributed by atoms with Gasteiger partial charge in [0.25, 0.3) is 0 Å². The van der Waals surface area contributed by atoms with Crippen LogP contribution in [0.25, 0.3) is 11.4 Å². The van der Waals surface area contributed by atoms with E-state index in [0.29, 0.717) is 23.8 Å². The number of nitrogens with zero attached hydrogens (tertiary/aromatic N) is 2. The fourth-order valence-electron chi connectivity index (χ4n) is 2.51. The number of aryl methyl sites for hydroxylation is 1. The van der Waals surface area contributed by atoms with Crippen molar-refractivity contribution >= 4 is 22.6 Å². The first-order valence-corrected chi connectivity index (χ1v) is 8.63. The number of ether oxygens (including phenoxy) is 2. The summed E-state index contributed by atoms with van der Waals surface area (Å²) in [5.74, 6) is 2.01. The molecular weight excluding hydrogens is 338 g/mol. The van der Waals surface area contributed by atoms with Crippen molar-refractivity contribution in [3.05, 3.63) is 54.1 Å². The first-order chi connectivity index (χ1) is 12.3. The van der Waals surface area contributed by atoms with E-state index in [-0.39, 0.29) is 12.7 Å². The Kier molecular flexibility index (Phi) is 4.30. The second-order valence-electron chi connectivity index (χ2n) is 5.52. The third-order valence-electron chi connectivity index (χ3n) is 3.78. The molecule has 2 aromatic carbocycles. The van der Waals surface area contributed by atoms with Gasteiger partial charge in [0.05, 0.1) is 0 Å². The van der Waals surface area contributed by atoms with Crippen LogP contribution in [-0.4, -0.2) is 22.1 Å². The van der Waals surface area contributed by atoms with Gasteiger partial charge in [0, 0.05) is 23.5 Å². The quantitative estimate of drug-likeness (QED) is 0.760. The molecule has 25 heavy (non-hydrogen) atoms. The largest absolute Gasteiger partial charge is 0.454 e. The Morgan fingerprint density at radius 1 is 1.12 bits per heavy atom. The summed E-state index contributed by atoms with van der Waals surface area (Å²) in [5.41, 5.74) is 1.96. The van der Waals surface area contributed by atoms with Crippen LogP contribution in [0.5, 0.6) is 11.5 Å². The lowest BCUT2D eigenvalue weighted by molar-refractivity contribution is -0.116. The van der Waals surface area contributed by atoms with E-state index >= 15 is 0 Å². The molecule has 3 aromatic rings. The maximum Gasteiger partial charge on any atom is 0.231 e. The van der Waals surface area contributed by atoms with Crippen molar-refractivity contribution in [2.75, 3.05) is 12.1 Å². The molecule has 1 amide bonds. The minimum Gasteiger partial charge on any atom is -0.454 e. The Morgan fingerprint density at radius 3 is 2.84 bits per heavy atom. The summed E-state index contributed by atoms with van der Waals surface area (Å²) in [6, 6.07) is 15.4. The average molecular weight is 353 g/mol. The molecule has 1 N–H and O–H groups in total. The number of rotatable bonds is 5. The molecule has 4 rings (SSSR count). The third kappa shape index (κ3) is 3.61. The normalized spacial score (nSPS) is 12.2. The molecule has 0 saturated carbocycles. The number of carbonyl (C=O) groups is 1. The molecule has 0 fully saturated rings. The predicted octanol–water partition coefficient (Wildman–Crippen LogP) is 3.51. The Hall–Kier alpha value is -2.93. The highest BCUT2D eigenvalue weighted by molar-refractivity contribution is 7.10. The highest BCUT2D eigenvalue weighted by atomic mass is 32.1. The van der Waals surface area contributed by atoms with Gasteiger partial charge in [-0.2, -0.15) is 9.36 Å². The SMILES string of the molecule is O=C(CCc1ccc2c(c1)OCO2)Nc1nc(-c2ccccc2)ns1. The van der Waals surface area contributed by atoms with Crippen LogP contribution in [0, 0.1) is 0 Å². The third-order valence-corrected chi connectivity index (χ3v) is 4.41. The average Bonchev–Trinajstić information content (AvgIpc) is 3.29. The molecule has 126 valence electrons. The van der Waals surface area contributed by atoms with E-state index in [2.05, 4.69) is 14.7 Å². The number of benzene rings is 2. The number of fused-ring (bicyclic) bond motifs is 1. The van der Waals surface area contributed by atoms with Crippen LogP contribution in [0.3, 0.4) is 0 Å². The van der Waals surface area contributed by atoms with E-state index < -0.39 is 0 Å². The molecule has 0 bridgehead atoms. The summed E-state index contributed by atoms with van der Waals surface area (Å²) in [6.45, 7) is 0.250. The lowest BCUT2D eigenvalue weighted by Crippen LogP contribution is -2.12. The van der Waals surface area contributed by atoms with Gasteiger partial charge in [-0.3, -0.25) is 4.79 Å². The lowest BCUT2D eigenvalue weighted by Gasteiger charge is -2.03. The Balaban J connectivity index is 1.34. The van der Waals surface area contributed by atoms with Gasteiger partial charge in [0.15, 0.2) is 17.3 Å². The van der Waals surface area contributed by atoms with E-state index in [1.807, 2.05) is 48.5 Å². The lowest BCUT2D eigenvalue weighted by atomic mass is 10.1. The molecule has 6 nitrogen and oxygen atoms in total. The molecule has 0 radical (unpaired) electrons. The highest BCUT2D eigenvalue weighted by Crippen LogP contribution is 2.32. The van der Waals surface area contributed by atoms with Crippen molar-refractivity contribution in [2.24, 2.45) is 0 Å². The molecule has 1 aliphatic rings. The maximum atomic E-state index is 12.1. The Morgan fingerprint density at radius 2 is 1.96 bits per heavy atom. The van der Waals surface area contributed by atoms with Crippen LogP contribution in [0.15, 0.2) is 48.5 Å². The number of nitrogens with one attached hydrogen (secondary N) is 1. The van der Waals surface area contributed by atoms with Crippen molar-refractivity contribution in [3.63, 3.8) is 0 Å². The van der Waals surface area contributed by atoms with Gasteiger partial charge in [-0.05, 0) is 24.1 Å². The van der Waals surface area contributed by atoms with Crippen molar-refractivity contribution in [1.82, 2.24) is 9.36 Å². The number of carbonyl (C=O) groups excluding carboxylic acids is 1. The minimum atomic E-state index is -0.0894. The Labute approximate surface area is 148 Å². The van der Waals surface area contributed by atoms with Crippen LogP contribution in [0.1, 0.15) is 12.0 Å². The number of hydrogen-bond acceptors (Lipinski definition) is 6. The summed E-state index contributed by atoms with van der Waals surface area (Å²) >= 11 is 1.18. The van der Waals surface area contributed by atoms with Gasteiger partial charge in [0.1, 0.15) is 0 Å². The highest BCUT2D eigenvalue weighted by Gasteiger charge is 2.14. The summed E-state index contributed by atoms with van der Waals surface area (Å²) in [7, 11) is 0. The molecule has 1 aromatic heterocycles. The fourth-order valence-corrected chi connectivity index (χ4v) is 3.12. The molecule has 7 heteroatoms. The summed E-state index contributed by atoms with van der Waals surface area (Å²) in [5, 5.41) is 3.31. The minimum absolute atomic E-state index is 0.0894. The molecular formula is C18H15N3O3S. The van der Waals surface area contributed by atoms with Crippen molar-refractivity contribution in [2.45, 2.75) is 12.8 Å². The molecule has 2 heterocycles. The smallest absolute Gasteiger partial charge is 0.231 e. The number of anilines is 1. The summed E-state index contributed by atoms with van der Waals surface area (Å²) in [6.07, 6.45) is 0.979. The van der Waals surface area contributed by atoms with Crippen molar-refractivity contribution in [3.8, 4) is 22.9 Å². The maximum absolute atomic E-state index is 12.1. The molecule has 0 spiro atoms. The van der Waals surface area contributed by atoms with E-state index in [1.54, 1.807) is 0 Å². The number of amides is 1. The van der Waals surface area contributed by atoms with Crippen LogP contribution in [-0.2, 0) is 11.2 Å². The molecule has 0 atom stereocenters. The van der Waals surface area contributed by atoms with Gasteiger partial charge < -0.3 is 14.8 Å². The van der Waals surface area contributed by atoms with Crippen LogP contribution in [0.4, 0.5) is 5.13 Å². The van der Waals surface area contributed by atoms with Gasteiger partial charge in [0.2, 0.25) is 17.8 Å². The first-order valence-electron chi connectivity index (χ1n) is 7.85. The van der Waals surface area contributed by atoms with Crippen LogP contribution < -0.4 is 14.8 Å². The predicted molar refractivity (Wildman–Crippen MR) is 94.9 cm³/mol. The number of aromatic nitrogens is 2. The zero-order valence-corrected chi connectivity index (χ0v) is 14.1. The van der Waals surface area contributed by atoms with E-state index in [0.717, 1.165) is 22.6 Å². The van der Waals surface area contributed by atoms with E-state index in [9.17, 15) is 4.79 Å². The summed E-state index contributed by atoms with van der Waals surface area (Å²) in [4.78, 5) is 16.5. The van der Waals surface area contributed by atoms with Crippen LogP contribution in [0.2, 0.25) is 0 Å². The second kappa shape index (κ2) is 6.90. The molecule has 0 unspecified atom stereocenters. The zero-order chi connectivity index (χ0) is 17.1. The summed E-state index contributed by atoms with van der Waals surface area (Å²) < 4.78 is 14.9. The second-order valence-corrected chi connectivity index (χ2v) is 6.28. The van der Waals surface area contributed by atoms with Crippen LogP contribution >= 0.6 is 11.5 Å². The first kappa shape index (κ1) is 15.6. The van der Waals surface area contributed by atoms with Gasteiger partial charge in [-0.15, -0.1) is 0 Å². The standard InChI is InChI=1S/C18H15N3O3S/c22-16(9-7-12-6-8-14-15(10-12)24-11-23-14)19-18-20-17(21-25-18)13-4-2-1-3-5-13/h1-6,8,10H,7,9,11H2,(H,19,20,21,22). The molecule has 0 saturated heterocycles. The van der Waals surface area contributed by atoms with E-state index in [4.69, 9.17) is 9.47 Å². The molecule has 0 aliphatic carbocycles. The monoisotopic (exact) mass is 353 g/mol. The fraction of sp³-hybridized carbons (Fsp3) is 0.167. The number of hydrogen-bond donors (Lipinski definition) is 1.